The fourth-order valence-corrected chi connectivity index (χ4v) is 12.7. The van der Waals surface area contributed by atoms with Gasteiger partial charge in [-0.1, -0.05) is 37.5 Å². The molecule has 2 atom stereocenters. The Kier molecular flexibility index (Phi) is 22.9. The number of hydrogen-bond acceptors (Lipinski definition) is 13. The van der Waals surface area contributed by atoms with Crippen molar-refractivity contribution in [3.63, 3.8) is 0 Å². The lowest BCUT2D eigenvalue weighted by molar-refractivity contribution is -0.438. The van der Waals surface area contributed by atoms with Crippen LogP contribution >= 0.6 is 0 Å². The summed E-state index contributed by atoms with van der Waals surface area (Å²) in [4.78, 5) is 78.5. The molecule has 2 aromatic rings. The summed E-state index contributed by atoms with van der Waals surface area (Å²) >= 11 is 0. The summed E-state index contributed by atoms with van der Waals surface area (Å²) in [5, 5.41) is 8.81. The number of Topliss-reactive ketones (excluding diaryl/α,β-unsaturated/α-hetero) is 1. The van der Waals surface area contributed by atoms with Gasteiger partial charge in [0.2, 0.25) is 23.4 Å². The third-order valence-electron chi connectivity index (χ3n) is 15.6. The zero-order valence-corrected chi connectivity index (χ0v) is 49.5. The maximum Gasteiger partial charge on any atom is 0.294 e. The number of amides is 5. The molecule has 0 saturated carbocycles. The molecular weight excluding hydrogens is 1120 g/mol. The van der Waals surface area contributed by atoms with Gasteiger partial charge >= 0.3 is 0 Å². The molecule has 4 aliphatic heterocycles. The number of hydrogen-bond donors (Lipinski definition) is 6. The van der Waals surface area contributed by atoms with Crippen molar-refractivity contribution in [2.45, 2.75) is 169 Å². The molecule has 2 unspecified atom stereocenters. The van der Waals surface area contributed by atoms with Gasteiger partial charge in [-0.15, -0.1) is 0 Å². The first-order valence-electron chi connectivity index (χ1n) is 28.3. The molecule has 2 aromatic carbocycles. The van der Waals surface area contributed by atoms with E-state index < -0.39 is 53.0 Å². The van der Waals surface area contributed by atoms with Crippen molar-refractivity contribution in [1.82, 2.24) is 20.9 Å². The molecule has 0 aromatic heterocycles. The number of unbranched alkanes of at least 4 members (excludes halogenated alkanes) is 2. The highest BCUT2D eigenvalue weighted by Gasteiger charge is 2.46. The Bertz CT molecular complexity index is 3220. The molecule has 4 aliphatic rings. The molecule has 0 saturated heterocycles. The quantitative estimate of drug-likeness (QED) is 0.0408. The summed E-state index contributed by atoms with van der Waals surface area (Å²) in [5.74, 6) is -2.03. The lowest BCUT2D eigenvalue weighted by Gasteiger charge is -2.30. The predicted molar refractivity (Wildman–Crippen MR) is 309 cm³/mol. The highest BCUT2D eigenvalue weighted by molar-refractivity contribution is 7.86. The van der Waals surface area contributed by atoms with Crippen LogP contribution in [0.25, 0.3) is 0 Å². The molecule has 82 heavy (non-hydrogen) atoms. The van der Waals surface area contributed by atoms with Crippen molar-refractivity contribution in [3.8, 4) is 0 Å². The maximum atomic E-state index is 13.6. The first kappa shape index (κ1) is 65.0. The number of anilines is 1. The van der Waals surface area contributed by atoms with E-state index in [1.54, 1.807) is 24.3 Å². The highest BCUT2D eigenvalue weighted by Crippen LogP contribution is 2.51. The van der Waals surface area contributed by atoms with Gasteiger partial charge in [-0.25, -0.2) is 0 Å². The Morgan fingerprint density at radius 2 is 1.33 bits per heavy atom. The van der Waals surface area contributed by atoms with Crippen LogP contribution in [0.2, 0.25) is 0 Å². The smallest absolute Gasteiger partial charge is 0.294 e. The highest BCUT2D eigenvalue weighted by atomic mass is 32.2. The zero-order chi connectivity index (χ0) is 59.9. The summed E-state index contributed by atoms with van der Waals surface area (Å²) in [6.45, 7) is 7.32. The molecule has 6 N–H and O–H groups in total. The Morgan fingerprint density at radius 1 is 0.683 bits per heavy atom. The van der Waals surface area contributed by atoms with Crippen LogP contribution in [0.3, 0.4) is 0 Å². The third-order valence-corrected chi connectivity index (χ3v) is 18.1. The van der Waals surface area contributed by atoms with Gasteiger partial charge in [-0.3, -0.25) is 47.3 Å². The number of nitrogens with one attached hydrogen (secondary N) is 3. The lowest BCUT2D eigenvalue weighted by atomic mass is 9.77. The molecule has 21 nitrogen and oxygen atoms in total. The number of carbonyl (C=O) groups is 6. The monoisotopic (exact) mass is 1200 g/mol. The molecule has 4 heterocycles. The van der Waals surface area contributed by atoms with E-state index in [0.717, 1.165) is 16.3 Å². The summed E-state index contributed by atoms with van der Waals surface area (Å²) in [6, 6.07) is 7.92. The second-order valence-corrected chi connectivity index (χ2v) is 26.5. The molecule has 0 fully saturated rings. The van der Waals surface area contributed by atoms with Crippen molar-refractivity contribution < 1.29 is 72.3 Å². The number of benzene rings is 2. The van der Waals surface area contributed by atoms with Gasteiger partial charge in [0.1, 0.15) is 18.4 Å². The fraction of sp³-hybridized carbons (Fsp3) is 0.534. The van der Waals surface area contributed by atoms with Crippen LogP contribution in [0.1, 0.15) is 154 Å². The van der Waals surface area contributed by atoms with Crippen LogP contribution in [0.5, 0.6) is 0 Å². The number of ketones is 1. The van der Waals surface area contributed by atoms with E-state index in [1.807, 2.05) is 43.9 Å². The molecule has 5 amide bonds. The molecule has 0 radical (unpaired) electrons. The topological polar surface area (TPSA) is 311 Å². The Labute approximate surface area is 482 Å². The Hall–Kier alpha value is -6.18. The van der Waals surface area contributed by atoms with Crippen LogP contribution in [0.15, 0.2) is 94.4 Å². The van der Waals surface area contributed by atoms with Crippen molar-refractivity contribution in [2.75, 3.05) is 43.4 Å². The van der Waals surface area contributed by atoms with Gasteiger partial charge in [0.05, 0.1) is 21.0 Å². The van der Waals surface area contributed by atoms with Crippen LogP contribution in [0.4, 0.5) is 11.4 Å². The van der Waals surface area contributed by atoms with E-state index in [2.05, 4.69) is 20.5 Å². The van der Waals surface area contributed by atoms with Crippen LogP contribution in [-0.2, 0) is 70.0 Å². The number of fused-ring (bicyclic) bond motifs is 5. The largest absolute Gasteiger partial charge is 0.356 e. The zero-order valence-electron chi connectivity index (χ0n) is 47.1. The molecule has 0 bridgehead atoms. The van der Waals surface area contributed by atoms with E-state index in [1.165, 1.54) is 36.4 Å². The molecule has 6 rings (SSSR count). The maximum absolute atomic E-state index is 13.6. The fourth-order valence-electron chi connectivity index (χ4n) is 11.2. The van der Waals surface area contributed by atoms with Crippen molar-refractivity contribution in [3.05, 3.63) is 95.8 Å². The standard InChI is InChI=1S/C58H78N6O15S3/c1-57(2)45-40-43(81(74,75)76)27-29-48(45)62-36-17-7-12-26-53(67)61-47(56(70)60-35-15-6-8-20-42(65)21-18-37-64-54(68)31-32-55(64)69)22-13-16-34-59-52(66)25-11-5-14-33-58(3)46-41-44(82(77,78)79)28-30-49(46)63(38-19-39-80(71,72)73)51(58)24-10-4-9-23-50(57)62/h4,9-10,23-24,27-32,40-41,47H,5-8,11-22,25-26,33-39H2,1-3H3,(H5-,59,60,61,66,67,70,71,72,73,74,75,76,77,78,79)/p+1. The van der Waals surface area contributed by atoms with E-state index in [4.69, 9.17) is 0 Å². The summed E-state index contributed by atoms with van der Waals surface area (Å²) in [7, 11) is -13.5. The first-order valence-corrected chi connectivity index (χ1v) is 32.8. The minimum Gasteiger partial charge on any atom is -0.356 e. The molecule has 0 aliphatic carbocycles. The summed E-state index contributed by atoms with van der Waals surface area (Å²) in [5.41, 5.74) is 2.49. The van der Waals surface area contributed by atoms with Crippen LogP contribution < -0.4 is 20.9 Å². The lowest BCUT2D eigenvalue weighted by Crippen LogP contribution is -2.47. The molecule has 24 heteroatoms. The van der Waals surface area contributed by atoms with Crippen LogP contribution in [-0.4, -0.2) is 134 Å². The van der Waals surface area contributed by atoms with Gasteiger partial charge in [0.15, 0.2) is 5.71 Å². The SMILES string of the molecule is CC1(C)C2=[N+](CCCCCC(=O)NC(C(=O)NCCCCCC(=O)CCCN3C(=O)C=CC3=O)CCCCNC(=O)CCCCCC3(C)/C(=C/C=C/C=C/2)N(CCCS(=O)(=O)O)c2ccc(S(=O)(=O)O)cc23)c2ccc(S(=O)(=O)O)cc21. The van der Waals surface area contributed by atoms with Crippen molar-refractivity contribution >= 4 is 82.8 Å². The normalized spacial score (nSPS) is 22.4. The van der Waals surface area contributed by atoms with E-state index in [9.17, 15) is 67.7 Å². The van der Waals surface area contributed by atoms with Crippen LogP contribution in [0, 0.1) is 0 Å². The Morgan fingerprint density at radius 3 is 2.02 bits per heavy atom. The second-order valence-electron chi connectivity index (χ2n) is 22.1. The minimum atomic E-state index is -4.62. The van der Waals surface area contributed by atoms with E-state index in [-0.39, 0.29) is 83.9 Å². The summed E-state index contributed by atoms with van der Waals surface area (Å²) in [6.07, 6.45) is 20.2. The summed E-state index contributed by atoms with van der Waals surface area (Å²) < 4.78 is 105. The average molecular weight is 1200 g/mol. The number of carbonyl (C=O) groups excluding carboxylic acids is 6. The number of rotatable bonds is 17. The molecular formula is C58H79N6O15S3+. The number of allylic oxidation sites excluding steroid dienone is 6. The van der Waals surface area contributed by atoms with Gasteiger partial charge in [-0.05, 0) is 133 Å². The van der Waals surface area contributed by atoms with E-state index in [0.29, 0.717) is 138 Å². The minimum absolute atomic E-state index is 0.0289. The Balaban J connectivity index is 1.18. The second kappa shape index (κ2) is 28.9. The van der Waals surface area contributed by atoms with E-state index >= 15 is 0 Å². The molecule has 0 spiro atoms. The number of imide groups is 1. The predicted octanol–water partition coefficient (Wildman–Crippen LogP) is 6.86. The van der Waals surface area contributed by atoms with Gasteiger partial charge < -0.3 is 20.9 Å². The molecule has 448 valence electrons. The van der Waals surface area contributed by atoms with Gasteiger partial charge in [0, 0.05) is 105 Å². The third kappa shape index (κ3) is 17.9. The van der Waals surface area contributed by atoms with Crippen molar-refractivity contribution in [2.24, 2.45) is 0 Å². The number of nitrogens with zero attached hydrogens (tertiary/aromatic N) is 3. The average Bonchev–Trinajstić information content (AvgIpc) is 4.11. The van der Waals surface area contributed by atoms with Crippen molar-refractivity contribution in [1.29, 1.82) is 0 Å². The van der Waals surface area contributed by atoms with Gasteiger partial charge in [0.25, 0.3) is 42.2 Å². The first-order chi connectivity index (χ1) is 38.7. The van der Waals surface area contributed by atoms with Gasteiger partial charge in [-0.2, -0.15) is 29.8 Å².